The molecule has 0 bridgehead atoms. The van der Waals surface area contributed by atoms with Crippen LogP contribution in [0, 0.1) is 0 Å². The Hall–Kier alpha value is -1.59. The summed E-state index contributed by atoms with van der Waals surface area (Å²) in [5.74, 6) is 0.162. The molecule has 1 aromatic carbocycles. The van der Waals surface area contributed by atoms with Crippen molar-refractivity contribution in [3.05, 3.63) is 29.3 Å². The van der Waals surface area contributed by atoms with Gasteiger partial charge in [0.05, 0.1) is 5.54 Å². The molecule has 21 heavy (non-hydrogen) atoms. The molecule has 1 amide bonds. The van der Waals surface area contributed by atoms with Crippen molar-refractivity contribution in [3.63, 3.8) is 0 Å². The van der Waals surface area contributed by atoms with Gasteiger partial charge in [-0.3, -0.25) is 4.79 Å². The number of nitrogens with one attached hydrogen (secondary N) is 1. The summed E-state index contributed by atoms with van der Waals surface area (Å²) in [6.45, 7) is 9.65. The van der Waals surface area contributed by atoms with Crippen molar-refractivity contribution in [2.45, 2.75) is 57.9 Å². The lowest BCUT2D eigenvalue weighted by Crippen LogP contribution is -2.63. The second-order valence-corrected chi connectivity index (χ2v) is 6.68. The highest BCUT2D eigenvalue weighted by molar-refractivity contribution is 5.93. The Morgan fingerprint density at radius 3 is 2.52 bits per heavy atom. The fourth-order valence-corrected chi connectivity index (χ4v) is 3.12. The summed E-state index contributed by atoms with van der Waals surface area (Å²) in [5.41, 5.74) is 5.05. The molecule has 4 N–H and O–H groups in total. The van der Waals surface area contributed by atoms with E-state index in [1.165, 1.54) is 0 Å². The van der Waals surface area contributed by atoms with E-state index in [-0.39, 0.29) is 6.04 Å². The van der Waals surface area contributed by atoms with Gasteiger partial charge in [0, 0.05) is 17.2 Å². The van der Waals surface area contributed by atoms with Gasteiger partial charge in [-0.25, -0.2) is 0 Å². The van der Waals surface area contributed by atoms with Gasteiger partial charge in [0.15, 0.2) is 0 Å². The molecular formula is C16H24N2O3. The molecule has 2 rings (SSSR count). The lowest BCUT2D eigenvalue weighted by atomic mass is 9.75. The Bertz CT molecular complexity index is 569. The molecular weight excluding hydrogens is 268 g/mol. The maximum Gasteiger partial charge on any atom is 0.248 e. The molecule has 2 atom stereocenters. The number of primary amides is 1. The van der Waals surface area contributed by atoms with Gasteiger partial charge in [-0.1, -0.05) is 0 Å². The SMILES string of the molecule is CC(C)N[C@@]1(C)c2cc(C(N)=O)ccc2OC(C)(C)[C@@H]1O. The number of carbonyl (C=O) groups excluding carboxylic acids is 1. The second-order valence-electron chi connectivity index (χ2n) is 6.68. The molecule has 0 unspecified atom stereocenters. The number of aliphatic hydroxyl groups excluding tert-OH is 1. The van der Waals surface area contributed by atoms with E-state index in [2.05, 4.69) is 5.32 Å². The van der Waals surface area contributed by atoms with Gasteiger partial charge >= 0.3 is 0 Å². The summed E-state index contributed by atoms with van der Waals surface area (Å²) in [4.78, 5) is 11.4. The van der Waals surface area contributed by atoms with Crippen LogP contribution in [0.25, 0.3) is 0 Å². The first-order chi connectivity index (χ1) is 9.58. The Morgan fingerprint density at radius 2 is 2.00 bits per heavy atom. The predicted molar refractivity (Wildman–Crippen MR) is 81.3 cm³/mol. The third-order valence-electron chi connectivity index (χ3n) is 3.99. The summed E-state index contributed by atoms with van der Waals surface area (Å²) >= 11 is 0. The number of nitrogens with two attached hydrogens (primary N) is 1. The first-order valence-corrected chi connectivity index (χ1v) is 7.17. The molecule has 0 radical (unpaired) electrons. The maximum atomic E-state index is 11.4. The number of aliphatic hydroxyl groups is 1. The Balaban J connectivity index is 2.63. The van der Waals surface area contributed by atoms with Gasteiger partial charge in [0.1, 0.15) is 17.5 Å². The zero-order valence-corrected chi connectivity index (χ0v) is 13.2. The van der Waals surface area contributed by atoms with E-state index < -0.39 is 23.2 Å². The van der Waals surface area contributed by atoms with Gasteiger partial charge in [-0.05, 0) is 52.8 Å². The molecule has 5 nitrogen and oxygen atoms in total. The van der Waals surface area contributed by atoms with Crippen molar-refractivity contribution in [1.29, 1.82) is 0 Å². The molecule has 1 aliphatic rings. The molecule has 0 fully saturated rings. The van der Waals surface area contributed by atoms with Crippen LogP contribution in [-0.4, -0.2) is 28.8 Å². The summed E-state index contributed by atoms with van der Waals surface area (Å²) in [5, 5.41) is 14.2. The highest BCUT2D eigenvalue weighted by Gasteiger charge is 2.51. The number of amides is 1. The number of hydrogen-bond acceptors (Lipinski definition) is 4. The fraction of sp³-hybridized carbons (Fsp3) is 0.562. The number of carbonyl (C=O) groups is 1. The number of ether oxygens (including phenoxy) is 1. The van der Waals surface area contributed by atoms with E-state index >= 15 is 0 Å². The minimum Gasteiger partial charge on any atom is -0.485 e. The van der Waals surface area contributed by atoms with Crippen LogP contribution in [0.2, 0.25) is 0 Å². The minimum atomic E-state index is -0.775. The van der Waals surface area contributed by atoms with Crippen LogP contribution >= 0.6 is 0 Å². The third-order valence-corrected chi connectivity index (χ3v) is 3.99. The highest BCUT2D eigenvalue weighted by atomic mass is 16.5. The van der Waals surface area contributed by atoms with Crippen molar-refractivity contribution in [2.24, 2.45) is 5.73 Å². The Morgan fingerprint density at radius 1 is 1.38 bits per heavy atom. The highest BCUT2D eigenvalue weighted by Crippen LogP contribution is 2.44. The average molecular weight is 292 g/mol. The zero-order valence-electron chi connectivity index (χ0n) is 13.2. The van der Waals surface area contributed by atoms with Crippen LogP contribution in [0.1, 0.15) is 50.5 Å². The van der Waals surface area contributed by atoms with Crippen LogP contribution in [-0.2, 0) is 5.54 Å². The van der Waals surface area contributed by atoms with Crippen LogP contribution < -0.4 is 15.8 Å². The number of fused-ring (bicyclic) bond motifs is 1. The monoisotopic (exact) mass is 292 g/mol. The van der Waals surface area contributed by atoms with E-state index in [1.807, 2.05) is 34.6 Å². The van der Waals surface area contributed by atoms with E-state index in [0.29, 0.717) is 11.3 Å². The van der Waals surface area contributed by atoms with E-state index in [0.717, 1.165) is 5.56 Å². The smallest absolute Gasteiger partial charge is 0.248 e. The normalized spacial score (nSPS) is 27.1. The molecule has 0 saturated heterocycles. The Labute approximate surface area is 125 Å². The number of hydrogen-bond donors (Lipinski definition) is 3. The maximum absolute atomic E-state index is 11.4. The number of benzene rings is 1. The molecule has 0 spiro atoms. The lowest BCUT2D eigenvalue weighted by molar-refractivity contribution is -0.0975. The van der Waals surface area contributed by atoms with Crippen molar-refractivity contribution in [2.75, 3.05) is 0 Å². The van der Waals surface area contributed by atoms with Gasteiger partial charge in [-0.2, -0.15) is 0 Å². The summed E-state index contributed by atoms with van der Waals surface area (Å²) in [6.07, 6.45) is -0.775. The molecule has 0 aromatic heterocycles. The van der Waals surface area contributed by atoms with E-state index in [1.54, 1.807) is 18.2 Å². The summed E-state index contributed by atoms with van der Waals surface area (Å²) < 4.78 is 5.90. The summed E-state index contributed by atoms with van der Waals surface area (Å²) in [6, 6.07) is 5.24. The first-order valence-electron chi connectivity index (χ1n) is 7.17. The molecule has 116 valence electrons. The quantitative estimate of drug-likeness (QED) is 0.789. The van der Waals surface area contributed by atoms with Gasteiger partial charge < -0.3 is 20.9 Å². The Kier molecular flexibility index (Phi) is 3.76. The average Bonchev–Trinajstić information content (AvgIpc) is 2.35. The van der Waals surface area contributed by atoms with Crippen molar-refractivity contribution >= 4 is 5.91 Å². The molecule has 5 heteroatoms. The van der Waals surface area contributed by atoms with E-state index in [4.69, 9.17) is 10.5 Å². The molecule has 0 saturated carbocycles. The van der Waals surface area contributed by atoms with Crippen LogP contribution in [0.4, 0.5) is 0 Å². The first kappa shape index (κ1) is 15.8. The lowest BCUT2D eigenvalue weighted by Gasteiger charge is -2.49. The van der Waals surface area contributed by atoms with Crippen molar-refractivity contribution < 1.29 is 14.6 Å². The van der Waals surface area contributed by atoms with Gasteiger partial charge in [0.25, 0.3) is 0 Å². The van der Waals surface area contributed by atoms with Crippen molar-refractivity contribution in [1.82, 2.24) is 5.32 Å². The number of rotatable bonds is 3. The molecule has 1 aliphatic heterocycles. The van der Waals surface area contributed by atoms with E-state index in [9.17, 15) is 9.90 Å². The standard InChI is InChI=1S/C16H24N2O3/c1-9(2)18-16(5)11-8-10(13(17)19)6-7-12(11)21-15(3,4)14(16)20/h6-9,14,18,20H,1-5H3,(H2,17,19)/t14-,16-/m0/s1. The van der Waals surface area contributed by atoms with Crippen LogP contribution in [0.15, 0.2) is 18.2 Å². The van der Waals surface area contributed by atoms with Gasteiger partial charge in [0.2, 0.25) is 5.91 Å². The molecule has 1 aromatic rings. The minimum absolute atomic E-state index is 0.156. The second kappa shape index (κ2) is 5.00. The van der Waals surface area contributed by atoms with Gasteiger partial charge in [-0.15, -0.1) is 0 Å². The summed E-state index contributed by atoms with van der Waals surface area (Å²) in [7, 11) is 0. The van der Waals surface area contributed by atoms with Crippen LogP contribution in [0.5, 0.6) is 5.75 Å². The fourth-order valence-electron chi connectivity index (χ4n) is 3.12. The topological polar surface area (TPSA) is 84.6 Å². The van der Waals surface area contributed by atoms with Crippen LogP contribution in [0.3, 0.4) is 0 Å². The zero-order chi connectivity index (χ0) is 16.0. The van der Waals surface area contributed by atoms with Crippen molar-refractivity contribution in [3.8, 4) is 5.75 Å². The predicted octanol–water partition coefficient (Wildman–Crippen LogP) is 1.53. The molecule has 1 heterocycles. The third kappa shape index (κ3) is 2.63. The largest absolute Gasteiger partial charge is 0.485 e. The molecule has 0 aliphatic carbocycles.